The number of amidine groups is 1. The first-order valence-electron chi connectivity index (χ1n) is 5.83. The monoisotopic (exact) mass is 222 g/mol. The second-order valence-corrected chi connectivity index (χ2v) is 4.81. The Morgan fingerprint density at radius 1 is 1.44 bits per heavy atom. The van der Waals surface area contributed by atoms with Gasteiger partial charge in [0.15, 0.2) is 5.78 Å². The third-order valence-corrected chi connectivity index (χ3v) is 3.32. The van der Waals surface area contributed by atoms with Gasteiger partial charge in [-0.3, -0.25) is 9.79 Å². The molecule has 2 N–H and O–H groups in total. The summed E-state index contributed by atoms with van der Waals surface area (Å²) in [6, 6.07) is 0. The molecule has 1 unspecified atom stereocenters. The minimum Gasteiger partial charge on any atom is -0.511 e. The summed E-state index contributed by atoms with van der Waals surface area (Å²) < 4.78 is 0. The highest BCUT2D eigenvalue weighted by molar-refractivity contribution is 6.22. The van der Waals surface area contributed by atoms with Crippen LogP contribution in [-0.4, -0.2) is 29.8 Å². The molecule has 0 amide bonds. The quantitative estimate of drug-likeness (QED) is 0.743. The van der Waals surface area contributed by atoms with Crippen LogP contribution >= 0.6 is 0 Å². The van der Waals surface area contributed by atoms with Gasteiger partial charge in [0.25, 0.3) is 0 Å². The van der Waals surface area contributed by atoms with E-state index in [0.717, 1.165) is 6.54 Å². The lowest BCUT2D eigenvalue weighted by atomic mass is 9.80. The van der Waals surface area contributed by atoms with Crippen molar-refractivity contribution in [3.05, 3.63) is 11.3 Å². The largest absolute Gasteiger partial charge is 0.511 e. The summed E-state index contributed by atoms with van der Waals surface area (Å²) >= 11 is 0. The molecule has 4 nitrogen and oxygen atoms in total. The van der Waals surface area contributed by atoms with Crippen molar-refractivity contribution in [3.63, 3.8) is 0 Å². The van der Waals surface area contributed by atoms with Crippen LogP contribution in [0.2, 0.25) is 0 Å². The van der Waals surface area contributed by atoms with Crippen molar-refractivity contribution in [3.8, 4) is 0 Å². The average molecular weight is 222 g/mol. The predicted molar refractivity (Wildman–Crippen MR) is 62.5 cm³/mol. The summed E-state index contributed by atoms with van der Waals surface area (Å²) in [6.07, 6.45) is 1.12. The van der Waals surface area contributed by atoms with Gasteiger partial charge in [0.1, 0.15) is 11.6 Å². The lowest BCUT2D eigenvalue weighted by molar-refractivity contribution is -0.117. The molecule has 1 aliphatic carbocycles. The molecule has 0 radical (unpaired) electrons. The molecular weight excluding hydrogens is 204 g/mol. The Labute approximate surface area is 95.5 Å². The molecule has 4 heteroatoms. The molecule has 88 valence electrons. The number of nitrogens with zero attached hydrogens (tertiary/aromatic N) is 1. The van der Waals surface area contributed by atoms with Gasteiger partial charge in [0.2, 0.25) is 0 Å². The number of Topliss-reactive ketones (excluding diaryl/α,β-unsaturated/α-hetero) is 1. The van der Waals surface area contributed by atoms with Crippen LogP contribution in [0, 0.1) is 11.8 Å². The van der Waals surface area contributed by atoms with E-state index in [9.17, 15) is 9.90 Å². The summed E-state index contributed by atoms with van der Waals surface area (Å²) in [6.45, 7) is 5.61. The predicted octanol–water partition coefficient (Wildman–Crippen LogP) is 1.44. The fourth-order valence-corrected chi connectivity index (χ4v) is 2.23. The molecule has 0 aromatic carbocycles. The molecule has 0 spiro atoms. The second-order valence-electron chi connectivity index (χ2n) is 4.81. The van der Waals surface area contributed by atoms with Gasteiger partial charge >= 0.3 is 0 Å². The summed E-state index contributed by atoms with van der Waals surface area (Å²) in [7, 11) is 0. The van der Waals surface area contributed by atoms with Gasteiger partial charge in [0.05, 0.1) is 12.1 Å². The molecule has 16 heavy (non-hydrogen) atoms. The highest BCUT2D eigenvalue weighted by Gasteiger charge is 2.32. The van der Waals surface area contributed by atoms with Crippen LogP contribution in [0.5, 0.6) is 0 Å². The number of allylic oxidation sites excluding steroid dienone is 1. The second kappa shape index (κ2) is 4.28. The Hall–Kier alpha value is -1.32. The maximum Gasteiger partial charge on any atom is 0.170 e. The number of aliphatic hydroxyl groups excluding tert-OH is 1. The molecule has 1 heterocycles. The highest BCUT2D eigenvalue weighted by atomic mass is 16.3. The normalized spacial score (nSPS) is 26.1. The summed E-state index contributed by atoms with van der Waals surface area (Å²) in [4.78, 5) is 16.2. The Morgan fingerprint density at radius 2 is 2.19 bits per heavy atom. The number of carbonyl (C=O) groups is 1. The maximum atomic E-state index is 12.0. The fraction of sp³-hybridized carbons (Fsp3) is 0.667. The first kappa shape index (κ1) is 11.2. The number of hydrogen-bond acceptors (Lipinski definition) is 4. The van der Waals surface area contributed by atoms with Gasteiger partial charge in [-0.05, 0) is 11.8 Å². The molecule has 0 saturated heterocycles. The fourth-order valence-electron chi connectivity index (χ4n) is 2.23. The van der Waals surface area contributed by atoms with Gasteiger partial charge in [-0.15, -0.1) is 0 Å². The van der Waals surface area contributed by atoms with Crippen LogP contribution < -0.4 is 5.32 Å². The number of aliphatic hydroxyl groups is 1. The zero-order chi connectivity index (χ0) is 11.7. The zero-order valence-electron chi connectivity index (χ0n) is 9.79. The number of rotatable bonds is 2. The lowest BCUT2D eigenvalue weighted by Crippen LogP contribution is -2.31. The highest BCUT2D eigenvalue weighted by Crippen LogP contribution is 2.31. The van der Waals surface area contributed by atoms with Crippen molar-refractivity contribution in [2.75, 3.05) is 13.1 Å². The average Bonchev–Trinajstić information content (AvgIpc) is 2.69. The number of carbonyl (C=O) groups excluding carboxylic acids is 1. The Bertz CT molecular complexity index is 369. The number of aliphatic imine (C=N–C) groups is 1. The van der Waals surface area contributed by atoms with Gasteiger partial charge in [0, 0.05) is 19.4 Å². The van der Waals surface area contributed by atoms with Crippen LogP contribution in [0.15, 0.2) is 16.3 Å². The zero-order valence-corrected chi connectivity index (χ0v) is 9.79. The summed E-state index contributed by atoms with van der Waals surface area (Å²) in [5.41, 5.74) is 0.425. The third-order valence-electron chi connectivity index (χ3n) is 3.32. The van der Waals surface area contributed by atoms with Crippen LogP contribution in [0.1, 0.15) is 26.7 Å². The minimum atomic E-state index is 0.0237. The van der Waals surface area contributed by atoms with E-state index in [1.54, 1.807) is 0 Å². The Morgan fingerprint density at radius 3 is 2.69 bits per heavy atom. The maximum absolute atomic E-state index is 12.0. The van der Waals surface area contributed by atoms with E-state index in [0.29, 0.717) is 36.7 Å². The number of ketones is 1. The van der Waals surface area contributed by atoms with Crippen molar-refractivity contribution in [2.45, 2.75) is 26.7 Å². The molecule has 0 fully saturated rings. The van der Waals surface area contributed by atoms with Crippen LogP contribution in [-0.2, 0) is 4.79 Å². The SMILES string of the molecule is CC(C)C1CC(=O)C(C2=NCCN2)=C(O)C1. The van der Waals surface area contributed by atoms with Crippen LogP contribution in [0.3, 0.4) is 0 Å². The van der Waals surface area contributed by atoms with Crippen molar-refractivity contribution < 1.29 is 9.90 Å². The molecule has 1 aliphatic heterocycles. The lowest BCUT2D eigenvalue weighted by Gasteiger charge is -2.26. The Kier molecular flexibility index (Phi) is 2.99. The van der Waals surface area contributed by atoms with E-state index in [1.165, 1.54) is 0 Å². The van der Waals surface area contributed by atoms with Crippen molar-refractivity contribution in [1.82, 2.24) is 5.32 Å². The van der Waals surface area contributed by atoms with Crippen molar-refractivity contribution >= 4 is 11.6 Å². The van der Waals surface area contributed by atoms with Gasteiger partial charge in [-0.2, -0.15) is 0 Å². The van der Waals surface area contributed by atoms with E-state index in [4.69, 9.17) is 0 Å². The first-order chi connectivity index (χ1) is 7.59. The van der Waals surface area contributed by atoms with Crippen molar-refractivity contribution in [2.24, 2.45) is 16.8 Å². The van der Waals surface area contributed by atoms with E-state index < -0.39 is 0 Å². The minimum absolute atomic E-state index is 0.0237. The van der Waals surface area contributed by atoms with E-state index in [-0.39, 0.29) is 17.5 Å². The smallest absolute Gasteiger partial charge is 0.170 e. The topological polar surface area (TPSA) is 61.7 Å². The van der Waals surface area contributed by atoms with Crippen LogP contribution in [0.4, 0.5) is 0 Å². The molecule has 0 aromatic rings. The molecule has 0 aromatic heterocycles. The molecule has 2 aliphatic rings. The van der Waals surface area contributed by atoms with Crippen molar-refractivity contribution in [1.29, 1.82) is 0 Å². The first-order valence-corrected chi connectivity index (χ1v) is 5.83. The van der Waals surface area contributed by atoms with E-state index in [2.05, 4.69) is 24.2 Å². The van der Waals surface area contributed by atoms with Gasteiger partial charge < -0.3 is 10.4 Å². The summed E-state index contributed by atoms with van der Waals surface area (Å²) in [5.74, 6) is 1.51. The molecule has 2 rings (SSSR count). The molecule has 0 bridgehead atoms. The number of nitrogens with one attached hydrogen (secondary N) is 1. The summed E-state index contributed by atoms with van der Waals surface area (Å²) in [5, 5.41) is 13.0. The van der Waals surface area contributed by atoms with E-state index >= 15 is 0 Å². The molecule has 1 atom stereocenters. The van der Waals surface area contributed by atoms with Gasteiger partial charge in [-0.25, -0.2) is 0 Å². The Balaban J connectivity index is 2.24. The van der Waals surface area contributed by atoms with Crippen LogP contribution in [0.25, 0.3) is 0 Å². The van der Waals surface area contributed by atoms with E-state index in [1.807, 2.05) is 0 Å². The molecule has 0 saturated carbocycles. The third kappa shape index (κ3) is 1.96. The van der Waals surface area contributed by atoms with Gasteiger partial charge in [-0.1, -0.05) is 13.8 Å². The number of hydrogen-bond donors (Lipinski definition) is 2. The standard InChI is InChI=1S/C12H18N2O2/c1-7(2)8-5-9(15)11(10(16)6-8)12-13-3-4-14-12/h7-8,15H,3-6H2,1-2H3,(H,13,14). The molecular formula is C12H18N2O2.